The van der Waals surface area contributed by atoms with Crippen LogP contribution in [0.15, 0.2) is 53.1 Å². The van der Waals surface area contributed by atoms with Gasteiger partial charge in [0.1, 0.15) is 5.82 Å². The summed E-state index contributed by atoms with van der Waals surface area (Å²) in [5.41, 5.74) is 1.92. The predicted octanol–water partition coefficient (Wildman–Crippen LogP) is 3.85. The van der Waals surface area contributed by atoms with Gasteiger partial charge in [-0.3, -0.25) is 9.59 Å². The van der Waals surface area contributed by atoms with Crippen molar-refractivity contribution in [2.75, 3.05) is 18.4 Å². The second-order valence-electron chi connectivity index (χ2n) is 7.31. The molecule has 1 saturated heterocycles. The van der Waals surface area contributed by atoms with Crippen LogP contribution >= 0.6 is 0 Å². The van der Waals surface area contributed by atoms with Crippen LogP contribution in [0.25, 0.3) is 11.4 Å². The Morgan fingerprint density at radius 2 is 1.87 bits per heavy atom. The molecular formula is C22H21FN4O3. The molecule has 1 atom stereocenters. The molecule has 0 saturated carbocycles. The second-order valence-corrected chi connectivity index (χ2v) is 7.31. The summed E-state index contributed by atoms with van der Waals surface area (Å²) in [5.74, 6) is 0.262. The third-order valence-corrected chi connectivity index (χ3v) is 5.05. The molecule has 8 heteroatoms. The SMILES string of the molecule is CC(=O)Nc1ccc(-c2noc([C@@H]3CCCN(C(=O)c4ccc(F)cc4)C3)n2)cc1. The van der Waals surface area contributed by atoms with E-state index in [4.69, 9.17) is 4.52 Å². The van der Waals surface area contributed by atoms with Gasteiger partial charge in [0.2, 0.25) is 17.6 Å². The standard InChI is InChI=1S/C22H21FN4O3/c1-14(28)24-19-10-6-15(7-11-19)20-25-21(30-26-20)17-3-2-12-27(13-17)22(29)16-4-8-18(23)9-5-16/h4-11,17H,2-3,12-13H2,1H3,(H,24,28)/t17-/m1/s1. The molecule has 2 aromatic carbocycles. The van der Waals surface area contributed by atoms with E-state index in [0.29, 0.717) is 36.1 Å². The molecule has 2 heterocycles. The first-order valence-corrected chi connectivity index (χ1v) is 9.76. The van der Waals surface area contributed by atoms with Crippen LogP contribution in [-0.4, -0.2) is 39.9 Å². The molecule has 0 spiro atoms. The number of anilines is 1. The van der Waals surface area contributed by atoms with Crippen molar-refractivity contribution in [1.82, 2.24) is 15.0 Å². The Kier molecular flexibility index (Phi) is 5.56. The number of benzene rings is 2. The molecule has 0 aliphatic carbocycles. The van der Waals surface area contributed by atoms with Crippen LogP contribution in [-0.2, 0) is 4.79 Å². The van der Waals surface area contributed by atoms with Gasteiger partial charge in [-0.1, -0.05) is 5.16 Å². The summed E-state index contributed by atoms with van der Waals surface area (Å²) in [5, 5.41) is 6.78. The lowest BCUT2D eigenvalue weighted by Gasteiger charge is -2.31. The van der Waals surface area contributed by atoms with Gasteiger partial charge in [-0.2, -0.15) is 4.98 Å². The summed E-state index contributed by atoms with van der Waals surface area (Å²) in [4.78, 5) is 30.1. The lowest BCUT2D eigenvalue weighted by atomic mass is 9.97. The molecular weight excluding hydrogens is 387 g/mol. The molecule has 1 aliphatic heterocycles. The minimum absolute atomic E-state index is 0.0527. The Bertz CT molecular complexity index is 1050. The number of hydrogen-bond donors (Lipinski definition) is 1. The zero-order chi connectivity index (χ0) is 21.1. The number of amides is 2. The molecule has 154 valence electrons. The lowest BCUT2D eigenvalue weighted by Crippen LogP contribution is -2.39. The number of rotatable bonds is 4. The third-order valence-electron chi connectivity index (χ3n) is 5.05. The van der Waals surface area contributed by atoms with Gasteiger partial charge < -0.3 is 14.7 Å². The highest BCUT2D eigenvalue weighted by molar-refractivity contribution is 5.94. The van der Waals surface area contributed by atoms with Gasteiger partial charge in [-0.25, -0.2) is 4.39 Å². The maximum absolute atomic E-state index is 13.1. The van der Waals surface area contributed by atoms with Gasteiger partial charge in [-0.05, 0) is 61.4 Å². The number of carbonyl (C=O) groups excluding carboxylic acids is 2. The zero-order valence-electron chi connectivity index (χ0n) is 16.5. The van der Waals surface area contributed by atoms with Gasteiger partial charge in [0.25, 0.3) is 5.91 Å². The normalized spacial score (nSPS) is 16.3. The summed E-state index contributed by atoms with van der Waals surface area (Å²) in [6.07, 6.45) is 1.66. The Labute approximate surface area is 172 Å². The summed E-state index contributed by atoms with van der Waals surface area (Å²) >= 11 is 0. The van der Waals surface area contributed by atoms with Crippen LogP contribution in [0.3, 0.4) is 0 Å². The van der Waals surface area contributed by atoms with E-state index < -0.39 is 0 Å². The maximum atomic E-state index is 13.1. The van der Waals surface area contributed by atoms with Crippen molar-refractivity contribution in [3.05, 3.63) is 65.8 Å². The van der Waals surface area contributed by atoms with Crippen molar-refractivity contribution >= 4 is 17.5 Å². The number of nitrogens with zero attached hydrogens (tertiary/aromatic N) is 3. The molecule has 1 aliphatic rings. The van der Waals surface area contributed by atoms with Crippen LogP contribution in [0.1, 0.15) is 41.9 Å². The Hall–Kier alpha value is -3.55. The molecule has 1 N–H and O–H groups in total. The van der Waals surface area contributed by atoms with E-state index in [1.807, 2.05) is 12.1 Å². The molecule has 7 nitrogen and oxygen atoms in total. The molecule has 0 radical (unpaired) electrons. The molecule has 4 rings (SSSR count). The highest BCUT2D eigenvalue weighted by Gasteiger charge is 2.29. The number of carbonyl (C=O) groups is 2. The largest absolute Gasteiger partial charge is 0.339 e. The van der Waals surface area contributed by atoms with Crippen LogP contribution in [0.2, 0.25) is 0 Å². The van der Waals surface area contributed by atoms with E-state index in [-0.39, 0.29) is 23.5 Å². The molecule has 3 aromatic rings. The average Bonchev–Trinajstić information content (AvgIpc) is 3.24. The van der Waals surface area contributed by atoms with Crippen LogP contribution in [0, 0.1) is 5.82 Å². The van der Waals surface area contributed by atoms with Gasteiger partial charge in [0, 0.05) is 36.8 Å². The van der Waals surface area contributed by atoms with E-state index >= 15 is 0 Å². The molecule has 2 amide bonds. The molecule has 30 heavy (non-hydrogen) atoms. The topological polar surface area (TPSA) is 88.3 Å². The first kappa shape index (κ1) is 19.8. The molecule has 1 aromatic heterocycles. The number of hydrogen-bond acceptors (Lipinski definition) is 5. The Morgan fingerprint density at radius 1 is 1.13 bits per heavy atom. The fraction of sp³-hybridized carbons (Fsp3) is 0.273. The van der Waals surface area contributed by atoms with E-state index in [2.05, 4.69) is 15.5 Å². The molecule has 1 fully saturated rings. The highest BCUT2D eigenvalue weighted by atomic mass is 19.1. The summed E-state index contributed by atoms with van der Waals surface area (Å²) < 4.78 is 18.6. The fourth-order valence-electron chi connectivity index (χ4n) is 3.56. The third kappa shape index (κ3) is 4.37. The predicted molar refractivity (Wildman–Crippen MR) is 108 cm³/mol. The van der Waals surface area contributed by atoms with E-state index in [9.17, 15) is 14.0 Å². The number of halogens is 1. The van der Waals surface area contributed by atoms with Gasteiger partial charge in [-0.15, -0.1) is 0 Å². The van der Waals surface area contributed by atoms with E-state index in [0.717, 1.165) is 18.4 Å². The minimum Gasteiger partial charge on any atom is -0.339 e. The van der Waals surface area contributed by atoms with Crippen molar-refractivity contribution in [3.63, 3.8) is 0 Å². The monoisotopic (exact) mass is 408 g/mol. The summed E-state index contributed by atoms with van der Waals surface area (Å²) in [6.45, 7) is 2.56. The van der Waals surface area contributed by atoms with Gasteiger partial charge >= 0.3 is 0 Å². The van der Waals surface area contributed by atoms with Crippen molar-refractivity contribution in [2.45, 2.75) is 25.7 Å². The van der Waals surface area contributed by atoms with Crippen molar-refractivity contribution in [1.29, 1.82) is 0 Å². The fourth-order valence-corrected chi connectivity index (χ4v) is 3.56. The summed E-state index contributed by atoms with van der Waals surface area (Å²) in [6, 6.07) is 12.7. The highest BCUT2D eigenvalue weighted by Crippen LogP contribution is 2.28. The molecule has 0 unspecified atom stereocenters. The molecule has 0 bridgehead atoms. The van der Waals surface area contributed by atoms with Crippen LogP contribution in [0.4, 0.5) is 10.1 Å². The average molecular weight is 408 g/mol. The zero-order valence-corrected chi connectivity index (χ0v) is 16.5. The quantitative estimate of drug-likeness (QED) is 0.708. The smallest absolute Gasteiger partial charge is 0.253 e. The van der Waals surface area contributed by atoms with E-state index in [1.54, 1.807) is 17.0 Å². The number of piperidine rings is 1. The lowest BCUT2D eigenvalue weighted by molar-refractivity contribution is -0.114. The Balaban J connectivity index is 1.45. The van der Waals surface area contributed by atoms with Crippen molar-refractivity contribution in [2.24, 2.45) is 0 Å². The van der Waals surface area contributed by atoms with Crippen molar-refractivity contribution in [3.8, 4) is 11.4 Å². The second kappa shape index (κ2) is 8.44. The maximum Gasteiger partial charge on any atom is 0.253 e. The minimum atomic E-state index is -0.369. The van der Waals surface area contributed by atoms with Crippen molar-refractivity contribution < 1.29 is 18.5 Å². The Morgan fingerprint density at radius 3 is 2.57 bits per heavy atom. The van der Waals surface area contributed by atoms with Crippen LogP contribution < -0.4 is 5.32 Å². The number of nitrogens with one attached hydrogen (secondary N) is 1. The number of likely N-dealkylation sites (tertiary alicyclic amines) is 1. The first-order chi connectivity index (χ1) is 14.5. The van der Waals surface area contributed by atoms with E-state index in [1.165, 1.54) is 31.2 Å². The van der Waals surface area contributed by atoms with Gasteiger partial charge in [0.15, 0.2) is 0 Å². The summed E-state index contributed by atoms with van der Waals surface area (Å²) in [7, 11) is 0. The first-order valence-electron chi connectivity index (χ1n) is 9.76. The number of aromatic nitrogens is 2. The van der Waals surface area contributed by atoms with Gasteiger partial charge in [0.05, 0.1) is 5.92 Å². The van der Waals surface area contributed by atoms with Crippen LogP contribution in [0.5, 0.6) is 0 Å².